The van der Waals surface area contributed by atoms with Crippen molar-refractivity contribution in [1.29, 1.82) is 0 Å². The van der Waals surface area contributed by atoms with Crippen LogP contribution in [0.2, 0.25) is 0 Å². The Morgan fingerprint density at radius 1 is 1.23 bits per heavy atom. The van der Waals surface area contributed by atoms with E-state index in [2.05, 4.69) is 14.6 Å². The highest BCUT2D eigenvalue weighted by Crippen LogP contribution is 2.30. The highest BCUT2D eigenvalue weighted by Gasteiger charge is 2.30. The van der Waals surface area contributed by atoms with E-state index in [1.165, 1.54) is 7.05 Å². The van der Waals surface area contributed by atoms with E-state index in [0.717, 1.165) is 35.1 Å². The number of carbonyl (C=O) groups excluding carboxylic acids is 1. The molecule has 0 radical (unpaired) electrons. The minimum absolute atomic E-state index is 0.0350. The van der Waals surface area contributed by atoms with E-state index in [-0.39, 0.29) is 5.69 Å². The average Bonchev–Trinajstić information content (AvgIpc) is 2.49. The van der Waals surface area contributed by atoms with Crippen molar-refractivity contribution in [2.75, 3.05) is 11.6 Å². The number of anilines is 1. The zero-order valence-corrected chi connectivity index (χ0v) is 14.2. The fourth-order valence-corrected chi connectivity index (χ4v) is 2.35. The first-order chi connectivity index (χ1) is 11.9. The second-order valence-corrected chi connectivity index (χ2v) is 6.70. The number of amides is 1. The van der Waals surface area contributed by atoms with Gasteiger partial charge in [-0.3, -0.25) is 9.59 Å². The summed E-state index contributed by atoms with van der Waals surface area (Å²) in [6.45, 7) is 0. The number of halogens is 3. The average molecular weight is 391 g/mol. The van der Waals surface area contributed by atoms with E-state index in [1.807, 2.05) is 0 Å². The predicted octanol–water partition coefficient (Wildman–Crippen LogP) is 1.39. The van der Waals surface area contributed by atoms with Gasteiger partial charge >= 0.3 is 16.3 Å². The quantitative estimate of drug-likeness (QED) is 0.790. The summed E-state index contributed by atoms with van der Waals surface area (Å²) < 4.78 is 65.5. The van der Waals surface area contributed by atoms with Crippen LogP contribution in [0, 0.1) is 0 Å². The zero-order valence-electron chi connectivity index (χ0n) is 13.4. The molecule has 0 fully saturated rings. The standard InChI is InChI=1S/C14H12F3N3O5S/c1-20-13(22)11(10(7-18-20)25-26(2,23)24)12(21)19-9-5-3-8(4-6-9)14(15,16)17/h3-7H,1-2H3,(H,19,21). The van der Waals surface area contributed by atoms with E-state index in [0.29, 0.717) is 6.26 Å². The third-order valence-electron chi connectivity index (χ3n) is 3.04. The summed E-state index contributed by atoms with van der Waals surface area (Å²) in [5.41, 5.74) is -2.56. The van der Waals surface area contributed by atoms with Gasteiger partial charge in [-0.1, -0.05) is 0 Å². The second kappa shape index (κ2) is 6.78. The maximum absolute atomic E-state index is 12.5. The molecule has 0 saturated heterocycles. The number of hydrogen-bond acceptors (Lipinski definition) is 6. The van der Waals surface area contributed by atoms with Gasteiger partial charge in [0, 0.05) is 12.7 Å². The van der Waals surface area contributed by atoms with Crippen molar-refractivity contribution in [2.24, 2.45) is 7.05 Å². The van der Waals surface area contributed by atoms with Crippen molar-refractivity contribution < 1.29 is 30.6 Å². The summed E-state index contributed by atoms with van der Waals surface area (Å²) >= 11 is 0. The van der Waals surface area contributed by atoms with Crippen molar-refractivity contribution >= 4 is 21.7 Å². The molecule has 0 aliphatic heterocycles. The summed E-state index contributed by atoms with van der Waals surface area (Å²) in [4.78, 5) is 24.4. The monoisotopic (exact) mass is 391 g/mol. The number of rotatable bonds is 4. The highest BCUT2D eigenvalue weighted by atomic mass is 32.2. The van der Waals surface area contributed by atoms with Crippen LogP contribution < -0.4 is 15.1 Å². The first kappa shape index (κ1) is 19.4. The molecule has 2 rings (SSSR count). The lowest BCUT2D eigenvalue weighted by atomic mass is 10.2. The summed E-state index contributed by atoms with van der Waals surface area (Å²) in [7, 11) is -2.83. The van der Waals surface area contributed by atoms with Crippen LogP contribution in [-0.4, -0.2) is 30.4 Å². The first-order valence-electron chi connectivity index (χ1n) is 6.83. The summed E-state index contributed by atoms with van der Waals surface area (Å²) in [6, 6.07) is 3.47. The minimum Gasteiger partial charge on any atom is -0.380 e. The smallest absolute Gasteiger partial charge is 0.380 e. The molecule has 0 unspecified atom stereocenters. The summed E-state index contributed by atoms with van der Waals surface area (Å²) in [6.07, 6.45) is -2.97. The van der Waals surface area contributed by atoms with E-state index in [9.17, 15) is 31.2 Å². The Bertz CT molecular complexity index is 998. The van der Waals surface area contributed by atoms with Crippen molar-refractivity contribution in [3.05, 3.63) is 51.9 Å². The molecule has 0 saturated carbocycles. The summed E-state index contributed by atoms with van der Waals surface area (Å²) in [5, 5.41) is 5.77. The summed E-state index contributed by atoms with van der Waals surface area (Å²) in [5.74, 6) is -1.66. The van der Waals surface area contributed by atoms with Crippen LogP contribution in [0.1, 0.15) is 15.9 Å². The normalized spacial score (nSPS) is 11.9. The van der Waals surface area contributed by atoms with Gasteiger partial charge < -0.3 is 9.50 Å². The Labute approximate surface area is 145 Å². The largest absolute Gasteiger partial charge is 0.416 e. The first-order valence-corrected chi connectivity index (χ1v) is 8.64. The molecule has 26 heavy (non-hydrogen) atoms. The van der Waals surface area contributed by atoms with Crippen LogP contribution in [0.25, 0.3) is 0 Å². The van der Waals surface area contributed by atoms with Crippen LogP contribution >= 0.6 is 0 Å². The molecule has 1 heterocycles. The number of nitrogens with one attached hydrogen (secondary N) is 1. The van der Waals surface area contributed by atoms with Gasteiger partial charge in [-0.15, -0.1) is 0 Å². The maximum atomic E-state index is 12.5. The number of alkyl halides is 3. The van der Waals surface area contributed by atoms with Gasteiger partial charge in [0.25, 0.3) is 11.5 Å². The molecule has 2 aromatic rings. The Morgan fingerprint density at radius 3 is 2.31 bits per heavy atom. The lowest BCUT2D eigenvalue weighted by Crippen LogP contribution is -2.30. The topological polar surface area (TPSA) is 107 Å². The highest BCUT2D eigenvalue weighted by molar-refractivity contribution is 7.86. The molecule has 0 spiro atoms. The number of aryl methyl sites for hydroxylation is 1. The van der Waals surface area contributed by atoms with Crippen LogP contribution in [-0.2, 0) is 23.3 Å². The van der Waals surface area contributed by atoms with E-state index >= 15 is 0 Å². The van der Waals surface area contributed by atoms with Crippen LogP contribution in [0.5, 0.6) is 5.75 Å². The molecule has 12 heteroatoms. The number of benzene rings is 1. The lowest BCUT2D eigenvalue weighted by Gasteiger charge is -2.11. The minimum atomic E-state index is -4.54. The maximum Gasteiger partial charge on any atom is 0.416 e. The van der Waals surface area contributed by atoms with Crippen molar-refractivity contribution in [1.82, 2.24) is 9.78 Å². The Hall–Kier alpha value is -2.89. The van der Waals surface area contributed by atoms with Gasteiger partial charge in [-0.25, -0.2) is 4.68 Å². The fraction of sp³-hybridized carbons (Fsp3) is 0.214. The van der Waals surface area contributed by atoms with Gasteiger partial charge in [-0.05, 0) is 24.3 Å². The lowest BCUT2D eigenvalue weighted by molar-refractivity contribution is -0.137. The van der Waals surface area contributed by atoms with E-state index in [4.69, 9.17) is 0 Å². The fourth-order valence-electron chi connectivity index (χ4n) is 1.89. The van der Waals surface area contributed by atoms with E-state index < -0.39 is 44.6 Å². The molecular formula is C14H12F3N3O5S. The van der Waals surface area contributed by atoms with Gasteiger partial charge in [0.1, 0.15) is 0 Å². The van der Waals surface area contributed by atoms with Crippen LogP contribution in [0.4, 0.5) is 18.9 Å². The van der Waals surface area contributed by atoms with Gasteiger partial charge in [0.15, 0.2) is 11.3 Å². The molecule has 0 aliphatic rings. The molecule has 0 bridgehead atoms. The SMILES string of the molecule is Cn1ncc(OS(C)(=O)=O)c(C(=O)Nc2ccc(C(F)(F)F)cc2)c1=O. The predicted molar refractivity (Wildman–Crippen MR) is 84.3 cm³/mol. The second-order valence-electron chi connectivity index (χ2n) is 5.13. The molecule has 8 nitrogen and oxygen atoms in total. The van der Waals surface area contributed by atoms with Crippen molar-refractivity contribution in [2.45, 2.75) is 6.18 Å². The molecule has 1 aromatic carbocycles. The molecule has 1 aromatic heterocycles. The Balaban J connectivity index is 2.37. The Morgan fingerprint density at radius 2 is 1.81 bits per heavy atom. The van der Waals surface area contributed by atoms with Crippen LogP contribution in [0.15, 0.2) is 35.3 Å². The third kappa shape index (κ3) is 4.59. The van der Waals surface area contributed by atoms with Gasteiger partial charge in [-0.2, -0.15) is 26.7 Å². The molecule has 0 aliphatic carbocycles. The molecule has 140 valence electrons. The molecule has 1 amide bonds. The van der Waals surface area contributed by atoms with Crippen molar-refractivity contribution in [3.63, 3.8) is 0 Å². The number of aromatic nitrogens is 2. The van der Waals surface area contributed by atoms with Gasteiger partial charge in [0.2, 0.25) is 0 Å². The third-order valence-corrected chi connectivity index (χ3v) is 3.52. The van der Waals surface area contributed by atoms with Gasteiger partial charge in [0.05, 0.1) is 18.0 Å². The Kier molecular flexibility index (Phi) is 5.07. The number of carbonyl (C=O) groups is 1. The number of nitrogens with zero attached hydrogens (tertiary/aromatic N) is 2. The van der Waals surface area contributed by atoms with Crippen LogP contribution in [0.3, 0.4) is 0 Å². The number of hydrogen-bond donors (Lipinski definition) is 1. The zero-order chi connectivity index (χ0) is 19.7. The molecule has 1 N–H and O–H groups in total. The molecule has 0 atom stereocenters. The van der Waals surface area contributed by atoms with E-state index in [1.54, 1.807) is 0 Å². The molecular weight excluding hydrogens is 379 g/mol. The van der Waals surface area contributed by atoms with Crippen molar-refractivity contribution in [3.8, 4) is 5.75 Å².